The van der Waals surface area contributed by atoms with Crippen LogP contribution in [0.3, 0.4) is 0 Å². The van der Waals surface area contributed by atoms with E-state index in [4.69, 9.17) is 0 Å². The van der Waals surface area contributed by atoms with Gasteiger partial charge in [-0.1, -0.05) is 12.8 Å². The predicted octanol–water partition coefficient (Wildman–Crippen LogP) is 1.41. The Hall–Kier alpha value is -1.92. The van der Waals surface area contributed by atoms with Gasteiger partial charge in [0.15, 0.2) is 5.82 Å². The van der Waals surface area contributed by atoms with E-state index in [0.717, 1.165) is 50.3 Å². The Balaban J connectivity index is 1.34. The first-order valence-electron chi connectivity index (χ1n) is 9.70. The van der Waals surface area contributed by atoms with Crippen molar-refractivity contribution in [2.75, 3.05) is 6.54 Å². The van der Waals surface area contributed by atoms with Gasteiger partial charge in [0, 0.05) is 32.0 Å². The number of carbonyl (C=O) groups excluding carboxylic acids is 2. The van der Waals surface area contributed by atoms with Crippen molar-refractivity contribution in [1.82, 2.24) is 25.0 Å². The Morgan fingerprint density at radius 1 is 1.08 bits per heavy atom. The lowest BCUT2D eigenvalue weighted by Gasteiger charge is -2.36. The second-order valence-corrected chi connectivity index (χ2v) is 7.58. The Kier molecular flexibility index (Phi) is 4.72. The van der Waals surface area contributed by atoms with E-state index in [-0.39, 0.29) is 17.7 Å². The van der Waals surface area contributed by atoms with E-state index in [9.17, 15) is 9.59 Å². The Bertz CT molecular complexity index is 650. The molecular formula is C18H27N5O2. The third-order valence-electron chi connectivity index (χ3n) is 5.94. The van der Waals surface area contributed by atoms with Gasteiger partial charge >= 0.3 is 0 Å². The highest BCUT2D eigenvalue weighted by molar-refractivity contribution is 5.84. The van der Waals surface area contributed by atoms with Crippen LogP contribution in [-0.4, -0.2) is 44.1 Å². The van der Waals surface area contributed by atoms with Crippen LogP contribution in [0.4, 0.5) is 0 Å². The van der Waals surface area contributed by atoms with Crippen molar-refractivity contribution < 1.29 is 9.59 Å². The zero-order valence-electron chi connectivity index (χ0n) is 14.7. The fourth-order valence-corrected chi connectivity index (χ4v) is 4.46. The summed E-state index contributed by atoms with van der Waals surface area (Å²) in [4.78, 5) is 26.8. The molecule has 0 bridgehead atoms. The molecule has 1 N–H and O–H groups in total. The van der Waals surface area contributed by atoms with E-state index >= 15 is 0 Å². The lowest BCUT2D eigenvalue weighted by atomic mass is 9.95. The minimum atomic E-state index is -0.0953. The van der Waals surface area contributed by atoms with Crippen LogP contribution in [0.25, 0.3) is 0 Å². The van der Waals surface area contributed by atoms with Gasteiger partial charge < -0.3 is 14.8 Å². The summed E-state index contributed by atoms with van der Waals surface area (Å²) >= 11 is 0. The molecule has 1 aliphatic carbocycles. The summed E-state index contributed by atoms with van der Waals surface area (Å²) < 4.78 is 2.14. The highest BCUT2D eigenvalue weighted by atomic mass is 16.2. The number of carbonyl (C=O) groups is 2. The van der Waals surface area contributed by atoms with Gasteiger partial charge in [0.05, 0.1) is 12.5 Å². The zero-order chi connectivity index (χ0) is 17.2. The van der Waals surface area contributed by atoms with Gasteiger partial charge in [0.25, 0.3) is 0 Å². The van der Waals surface area contributed by atoms with Crippen molar-refractivity contribution in [3.05, 3.63) is 11.6 Å². The van der Waals surface area contributed by atoms with Gasteiger partial charge in [0.2, 0.25) is 11.8 Å². The number of fused-ring (bicyclic) bond motifs is 1. The minimum absolute atomic E-state index is 0.0451. The van der Waals surface area contributed by atoms with Crippen LogP contribution in [0, 0.1) is 5.92 Å². The number of rotatable bonds is 4. The van der Waals surface area contributed by atoms with E-state index in [1.165, 1.54) is 12.8 Å². The number of likely N-dealkylation sites (tertiary alicyclic amines) is 1. The SMILES string of the molecule is O=C(NCc1nnc2n1CCCC2)[C@@H]1CCC(=O)N(C2CCCC2)C1. The molecule has 0 unspecified atom stereocenters. The third kappa shape index (κ3) is 3.41. The quantitative estimate of drug-likeness (QED) is 0.895. The van der Waals surface area contributed by atoms with Gasteiger partial charge in [-0.15, -0.1) is 10.2 Å². The lowest BCUT2D eigenvalue weighted by Crippen LogP contribution is -2.49. The Morgan fingerprint density at radius 2 is 1.92 bits per heavy atom. The van der Waals surface area contributed by atoms with Crippen LogP contribution in [0.1, 0.15) is 63.0 Å². The van der Waals surface area contributed by atoms with Crippen molar-refractivity contribution in [2.45, 2.75) is 76.9 Å². The molecule has 4 rings (SSSR count). The molecule has 2 aliphatic heterocycles. The first-order chi connectivity index (χ1) is 12.2. The predicted molar refractivity (Wildman–Crippen MR) is 91.5 cm³/mol. The molecule has 0 aromatic carbocycles. The molecular weight excluding hydrogens is 318 g/mol. The standard InChI is InChI=1S/C18H27N5O2/c24-17-9-8-13(12-23(17)14-5-1-2-6-14)18(25)19-11-16-21-20-15-7-3-4-10-22(15)16/h13-14H,1-12H2,(H,19,25)/t13-/m1/s1. The second-order valence-electron chi connectivity index (χ2n) is 7.58. The summed E-state index contributed by atoms with van der Waals surface area (Å²) in [7, 11) is 0. The summed E-state index contributed by atoms with van der Waals surface area (Å²) in [6.07, 6.45) is 9.01. The summed E-state index contributed by atoms with van der Waals surface area (Å²) in [5.74, 6) is 2.06. The Labute approximate surface area is 148 Å². The van der Waals surface area contributed by atoms with Crippen LogP contribution < -0.4 is 5.32 Å². The van der Waals surface area contributed by atoms with E-state index in [1.54, 1.807) is 0 Å². The zero-order valence-corrected chi connectivity index (χ0v) is 14.7. The van der Waals surface area contributed by atoms with Crippen LogP contribution in [0.5, 0.6) is 0 Å². The molecule has 1 aromatic rings. The van der Waals surface area contributed by atoms with Crippen LogP contribution in [0.2, 0.25) is 0 Å². The van der Waals surface area contributed by atoms with Gasteiger partial charge in [-0.3, -0.25) is 9.59 Å². The molecule has 1 saturated heterocycles. The van der Waals surface area contributed by atoms with Gasteiger partial charge in [-0.2, -0.15) is 0 Å². The molecule has 7 heteroatoms. The van der Waals surface area contributed by atoms with E-state index in [1.807, 2.05) is 4.90 Å². The molecule has 0 spiro atoms. The number of piperidine rings is 1. The molecule has 2 amide bonds. The van der Waals surface area contributed by atoms with E-state index < -0.39 is 0 Å². The fraction of sp³-hybridized carbons (Fsp3) is 0.778. The fourth-order valence-electron chi connectivity index (χ4n) is 4.46. The number of aryl methyl sites for hydroxylation is 1. The Morgan fingerprint density at radius 3 is 2.76 bits per heavy atom. The average Bonchev–Trinajstić information content (AvgIpc) is 3.30. The molecule has 3 aliphatic rings. The van der Waals surface area contributed by atoms with Crippen molar-refractivity contribution in [1.29, 1.82) is 0 Å². The van der Waals surface area contributed by atoms with E-state index in [0.29, 0.717) is 32.0 Å². The average molecular weight is 345 g/mol. The normalized spacial score (nSPS) is 24.4. The molecule has 1 saturated carbocycles. The third-order valence-corrected chi connectivity index (χ3v) is 5.94. The second kappa shape index (κ2) is 7.14. The molecule has 2 fully saturated rings. The molecule has 136 valence electrons. The number of hydrogen-bond acceptors (Lipinski definition) is 4. The molecule has 1 atom stereocenters. The van der Waals surface area contributed by atoms with Crippen molar-refractivity contribution in [3.63, 3.8) is 0 Å². The number of aromatic nitrogens is 3. The van der Waals surface area contributed by atoms with Gasteiger partial charge in [-0.25, -0.2) is 0 Å². The maximum absolute atomic E-state index is 12.6. The smallest absolute Gasteiger partial charge is 0.225 e. The van der Waals surface area contributed by atoms with Gasteiger partial charge in [0.1, 0.15) is 5.82 Å². The van der Waals surface area contributed by atoms with Crippen molar-refractivity contribution in [3.8, 4) is 0 Å². The first kappa shape index (κ1) is 16.5. The summed E-state index contributed by atoms with van der Waals surface area (Å²) in [6.45, 7) is 1.95. The first-order valence-corrected chi connectivity index (χ1v) is 9.70. The topological polar surface area (TPSA) is 80.1 Å². The number of amides is 2. The van der Waals surface area contributed by atoms with Crippen LogP contribution >= 0.6 is 0 Å². The molecule has 1 aromatic heterocycles. The van der Waals surface area contributed by atoms with Crippen LogP contribution in [-0.2, 0) is 29.1 Å². The monoisotopic (exact) mass is 345 g/mol. The van der Waals surface area contributed by atoms with Crippen molar-refractivity contribution in [2.24, 2.45) is 5.92 Å². The number of nitrogens with one attached hydrogen (secondary N) is 1. The van der Waals surface area contributed by atoms with Crippen LogP contribution in [0.15, 0.2) is 0 Å². The summed E-state index contributed by atoms with van der Waals surface area (Å²) in [5.41, 5.74) is 0. The number of nitrogens with zero attached hydrogens (tertiary/aromatic N) is 4. The lowest BCUT2D eigenvalue weighted by molar-refractivity contribution is -0.140. The largest absolute Gasteiger partial charge is 0.348 e. The summed E-state index contributed by atoms with van der Waals surface area (Å²) in [6, 6.07) is 0.353. The minimum Gasteiger partial charge on any atom is -0.348 e. The molecule has 7 nitrogen and oxygen atoms in total. The van der Waals surface area contributed by atoms with Crippen molar-refractivity contribution >= 4 is 11.8 Å². The molecule has 3 heterocycles. The highest BCUT2D eigenvalue weighted by Gasteiger charge is 2.35. The van der Waals surface area contributed by atoms with Gasteiger partial charge in [-0.05, 0) is 32.1 Å². The molecule has 25 heavy (non-hydrogen) atoms. The maximum Gasteiger partial charge on any atom is 0.225 e. The molecule has 0 radical (unpaired) electrons. The van der Waals surface area contributed by atoms with E-state index in [2.05, 4.69) is 20.1 Å². The highest BCUT2D eigenvalue weighted by Crippen LogP contribution is 2.28. The summed E-state index contributed by atoms with van der Waals surface area (Å²) in [5, 5.41) is 11.5. The number of hydrogen-bond donors (Lipinski definition) is 1. The maximum atomic E-state index is 12.6.